The molecule has 1 aliphatic heterocycles. The first-order valence-electron chi connectivity index (χ1n) is 9.10. The molecule has 2 heterocycles. The van der Waals surface area contributed by atoms with Crippen LogP contribution in [0.5, 0.6) is 0 Å². The van der Waals surface area contributed by atoms with Crippen molar-refractivity contribution in [3.05, 3.63) is 40.9 Å². The molecule has 3 rings (SSSR count). The zero-order chi connectivity index (χ0) is 19.1. The highest BCUT2D eigenvalue weighted by Gasteiger charge is 2.36. The van der Waals surface area contributed by atoms with Gasteiger partial charge < -0.3 is 10.1 Å². The minimum atomic E-state index is -0.332. The summed E-state index contributed by atoms with van der Waals surface area (Å²) in [6, 6.07) is 10.3. The van der Waals surface area contributed by atoms with Crippen molar-refractivity contribution in [3.8, 4) is 0 Å². The summed E-state index contributed by atoms with van der Waals surface area (Å²) in [7, 11) is 1.59. The first-order valence-corrected chi connectivity index (χ1v) is 9.92. The zero-order valence-electron chi connectivity index (χ0n) is 15.4. The second-order valence-corrected chi connectivity index (χ2v) is 7.59. The van der Waals surface area contributed by atoms with Gasteiger partial charge in [-0.25, -0.2) is 0 Å². The Hall–Kier alpha value is -2.32. The maximum absolute atomic E-state index is 12.4. The molecule has 8 heteroatoms. The van der Waals surface area contributed by atoms with E-state index >= 15 is 0 Å². The standard InChI is InChI=1S/C19H24N4O3S/c1-26-13-16-21-22-19(27-16)23-12-15(11-17(23)24)18(25)20-10-6-5-9-14-7-3-2-4-8-14/h2-4,7-8,15H,5-6,9-13H2,1H3,(H,20,25). The van der Waals surface area contributed by atoms with Crippen molar-refractivity contribution < 1.29 is 14.3 Å². The Morgan fingerprint density at radius 3 is 2.89 bits per heavy atom. The number of amides is 2. The van der Waals surface area contributed by atoms with Crippen molar-refractivity contribution in [2.75, 3.05) is 25.1 Å². The van der Waals surface area contributed by atoms with Crippen LogP contribution in [0.4, 0.5) is 5.13 Å². The van der Waals surface area contributed by atoms with Crippen molar-refractivity contribution in [1.82, 2.24) is 15.5 Å². The first-order chi connectivity index (χ1) is 13.2. The molecule has 7 nitrogen and oxygen atoms in total. The molecule has 144 valence electrons. The average Bonchev–Trinajstić information content (AvgIpc) is 3.29. The topological polar surface area (TPSA) is 84.4 Å². The fraction of sp³-hybridized carbons (Fsp3) is 0.474. The van der Waals surface area contributed by atoms with Gasteiger partial charge in [0, 0.05) is 26.6 Å². The molecule has 1 aromatic heterocycles. The van der Waals surface area contributed by atoms with Gasteiger partial charge >= 0.3 is 0 Å². The number of carbonyl (C=O) groups excluding carboxylic acids is 2. The molecular formula is C19H24N4O3S. The van der Waals surface area contributed by atoms with E-state index in [1.165, 1.54) is 16.9 Å². The van der Waals surface area contributed by atoms with E-state index in [2.05, 4.69) is 27.6 Å². The lowest BCUT2D eigenvalue weighted by molar-refractivity contribution is -0.126. The maximum atomic E-state index is 12.4. The molecule has 1 aromatic carbocycles. The number of ether oxygens (including phenoxy) is 1. The Morgan fingerprint density at radius 1 is 1.30 bits per heavy atom. The third-order valence-electron chi connectivity index (χ3n) is 4.49. The number of nitrogens with one attached hydrogen (secondary N) is 1. The van der Waals surface area contributed by atoms with Gasteiger partial charge in [0.05, 0.1) is 5.92 Å². The third-order valence-corrected chi connectivity index (χ3v) is 5.40. The minimum absolute atomic E-state index is 0.0628. The summed E-state index contributed by atoms with van der Waals surface area (Å²) < 4.78 is 5.02. The van der Waals surface area contributed by atoms with E-state index in [0.29, 0.717) is 29.8 Å². The number of methoxy groups -OCH3 is 1. The number of anilines is 1. The third kappa shape index (κ3) is 5.33. The van der Waals surface area contributed by atoms with Crippen LogP contribution in [0.3, 0.4) is 0 Å². The maximum Gasteiger partial charge on any atom is 0.229 e. The quantitative estimate of drug-likeness (QED) is 0.666. The monoisotopic (exact) mass is 388 g/mol. The Morgan fingerprint density at radius 2 is 2.11 bits per heavy atom. The molecule has 27 heavy (non-hydrogen) atoms. The van der Waals surface area contributed by atoms with Crippen LogP contribution in [0.2, 0.25) is 0 Å². The summed E-state index contributed by atoms with van der Waals surface area (Å²) >= 11 is 1.32. The van der Waals surface area contributed by atoms with Crippen molar-refractivity contribution in [2.45, 2.75) is 32.3 Å². The van der Waals surface area contributed by atoms with Crippen molar-refractivity contribution in [3.63, 3.8) is 0 Å². The number of hydrogen-bond acceptors (Lipinski definition) is 6. The second kappa shape index (κ2) is 9.57. The van der Waals surface area contributed by atoms with Gasteiger partial charge in [-0.2, -0.15) is 0 Å². The lowest BCUT2D eigenvalue weighted by Crippen LogP contribution is -2.33. The van der Waals surface area contributed by atoms with E-state index in [-0.39, 0.29) is 24.2 Å². The summed E-state index contributed by atoms with van der Waals surface area (Å²) in [5, 5.41) is 12.2. The Balaban J connectivity index is 1.40. The van der Waals surface area contributed by atoms with Crippen LogP contribution < -0.4 is 10.2 Å². The Bertz CT molecular complexity index is 765. The van der Waals surface area contributed by atoms with Gasteiger partial charge in [-0.1, -0.05) is 41.7 Å². The van der Waals surface area contributed by atoms with E-state index in [1.807, 2.05) is 18.2 Å². The molecule has 0 aliphatic carbocycles. The molecule has 1 atom stereocenters. The van der Waals surface area contributed by atoms with Gasteiger partial charge in [0.1, 0.15) is 11.6 Å². The number of rotatable bonds is 9. The van der Waals surface area contributed by atoms with Crippen LogP contribution in [0.1, 0.15) is 29.8 Å². The fourth-order valence-corrected chi connectivity index (χ4v) is 3.90. The average molecular weight is 388 g/mol. The number of hydrogen-bond donors (Lipinski definition) is 1. The summed E-state index contributed by atoms with van der Waals surface area (Å²) in [6.45, 7) is 1.36. The van der Waals surface area contributed by atoms with Gasteiger partial charge in [0.15, 0.2) is 0 Å². The smallest absolute Gasteiger partial charge is 0.229 e. The highest BCUT2D eigenvalue weighted by atomic mass is 32.1. The number of unbranched alkanes of at least 4 members (excludes halogenated alkanes) is 1. The Labute approximate surface area is 162 Å². The van der Waals surface area contributed by atoms with E-state index in [1.54, 1.807) is 12.0 Å². The number of aryl methyl sites for hydroxylation is 1. The van der Waals surface area contributed by atoms with Crippen LogP contribution in [-0.2, 0) is 27.4 Å². The number of benzene rings is 1. The fourth-order valence-electron chi connectivity index (χ4n) is 3.06. The van der Waals surface area contributed by atoms with Gasteiger partial charge in [-0.15, -0.1) is 10.2 Å². The highest BCUT2D eigenvalue weighted by Crippen LogP contribution is 2.28. The normalized spacial score (nSPS) is 16.7. The van der Waals surface area contributed by atoms with Crippen LogP contribution in [0.25, 0.3) is 0 Å². The van der Waals surface area contributed by atoms with Gasteiger partial charge in [0.2, 0.25) is 16.9 Å². The van der Waals surface area contributed by atoms with Crippen LogP contribution in [0, 0.1) is 5.92 Å². The van der Waals surface area contributed by atoms with Crippen molar-refractivity contribution >= 4 is 28.3 Å². The molecular weight excluding hydrogens is 364 g/mol. The molecule has 2 aromatic rings. The van der Waals surface area contributed by atoms with Crippen molar-refractivity contribution in [2.24, 2.45) is 5.92 Å². The molecule has 1 unspecified atom stereocenters. The summed E-state index contributed by atoms with van der Waals surface area (Å²) in [5.74, 6) is -0.479. The minimum Gasteiger partial charge on any atom is -0.377 e. The predicted molar refractivity (Wildman–Crippen MR) is 103 cm³/mol. The van der Waals surface area contributed by atoms with Crippen molar-refractivity contribution in [1.29, 1.82) is 0 Å². The Kier molecular flexibility index (Phi) is 6.89. The molecule has 2 amide bonds. The summed E-state index contributed by atoms with van der Waals surface area (Å²) in [6.07, 6.45) is 3.16. The molecule has 0 spiro atoms. The number of nitrogens with zero attached hydrogens (tertiary/aromatic N) is 3. The molecule has 1 N–H and O–H groups in total. The zero-order valence-corrected chi connectivity index (χ0v) is 16.2. The molecule has 0 bridgehead atoms. The predicted octanol–water partition coefficient (Wildman–Crippen LogP) is 2.18. The van der Waals surface area contributed by atoms with E-state index in [9.17, 15) is 9.59 Å². The highest BCUT2D eigenvalue weighted by molar-refractivity contribution is 7.15. The largest absolute Gasteiger partial charge is 0.377 e. The SMILES string of the molecule is COCc1nnc(N2CC(C(=O)NCCCCc3ccccc3)CC2=O)s1. The lowest BCUT2D eigenvalue weighted by atomic mass is 10.1. The van der Waals surface area contributed by atoms with Crippen LogP contribution >= 0.6 is 11.3 Å². The molecule has 1 fully saturated rings. The number of aromatic nitrogens is 2. The molecule has 0 radical (unpaired) electrons. The van der Waals surface area contributed by atoms with Gasteiger partial charge in [-0.05, 0) is 24.8 Å². The van der Waals surface area contributed by atoms with E-state index in [0.717, 1.165) is 19.3 Å². The molecule has 1 saturated heterocycles. The first kappa shape index (κ1) is 19.4. The summed E-state index contributed by atoms with van der Waals surface area (Å²) in [4.78, 5) is 26.2. The van der Waals surface area contributed by atoms with Gasteiger partial charge in [-0.3, -0.25) is 14.5 Å². The number of carbonyl (C=O) groups is 2. The molecule has 0 saturated carbocycles. The summed E-state index contributed by atoms with van der Waals surface area (Å²) in [5.41, 5.74) is 1.31. The van der Waals surface area contributed by atoms with Crippen LogP contribution in [-0.4, -0.2) is 42.2 Å². The van der Waals surface area contributed by atoms with Gasteiger partial charge in [0.25, 0.3) is 0 Å². The van der Waals surface area contributed by atoms with E-state index in [4.69, 9.17) is 4.74 Å². The molecule has 1 aliphatic rings. The lowest BCUT2D eigenvalue weighted by Gasteiger charge is -2.12. The van der Waals surface area contributed by atoms with E-state index < -0.39 is 0 Å². The van der Waals surface area contributed by atoms with Crippen LogP contribution in [0.15, 0.2) is 30.3 Å². The second-order valence-electron chi connectivity index (χ2n) is 6.55.